The third-order valence-electron chi connectivity index (χ3n) is 2.09. The van der Waals surface area contributed by atoms with E-state index in [0.717, 1.165) is 19.7 Å². The van der Waals surface area contributed by atoms with Gasteiger partial charge in [0.05, 0.1) is 0 Å². The van der Waals surface area contributed by atoms with Crippen molar-refractivity contribution in [2.75, 3.05) is 5.32 Å². The number of nitrogens with zero attached hydrogens (tertiary/aromatic N) is 2. The Hall–Kier alpha value is -0.590. The molecule has 0 bridgehead atoms. The van der Waals surface area contributed by atoms with Gasteiger partial charge in [0.2, 0.25) is 5.13 Å². The molecular weight excluding hydrogens is 330 g/mol. The lowest BCUT2D eigenvalue weighted by Crippen LogP contribution is -2.08. The molecule has 3 nitrogen and oxygen atoms in total. The molecule has 0 amide bonds. The van der Waals surface area contributed by atoms with Gasteiger partial charge in [-0.25, -0.2) is 0 Å². The number of aromatic nitrogens is 2. The van der Waals surface area contributed by atoms with Crippen LogP contribution in [0.1, 0.15) is 19.4 Å². The van der Waals surface area contributed by atoms with Crippen LogP contribution in [0.2, 0.25) is 0 Å². The van der Waals surface area contributed by atoms with Gasteiger partial charge in [-0.1, -0.05) is 51.2 Å². The van der Waals surface area contributed by atoms with E-state index < -0.39 is 0 Å². The van der Waals surface area contributed by atoms with Crippen molar-refractivity contribution in [1.29, 1.82) is 0 Å². The lowest BCUT2D eigenvalue weighted by molar-refractivity contribution is 0.883. The molecule has 0 unspecified atom stereocenters. The molecule has 0 aliphatic carbocycles. The maximum atomic E-state index is 4.16. The Balaban J connectivity index is 1.90. The van der Waals surface area contributed by atoms with Crippen LogP contribution in [0.5, 0.6) is 0 Å². The number of hydrogen-bond acceptors (Lipinski definition) is 5. The minimum atomic E-state index is 0.391. The summed E-state index contributed by atoms with van der Waals surface area (Å²) in [5.41, 5.74) is 1.29. The standard InChI is InChI=1S/C12H14BrN3S2/c1-8(2)14-11-15-16-12(18-11)17-7-9-3-5-10(13)6-4-9/h3-6,8H,7H2,1-2H3,(H,14,15). The molecule has 0 saturated carbocycles. The Labute approximate surface area is 124 Å². The first kappa shape index (κ1) is 13.8. The van der Waals surface area contributed by atoms with Crippen molar-refractivity contribution >= 4 is 44.2 Å². The molecule has 1 heterocycles. The van der Waals surface area contributed by atoms with Gasteiger partial charge in [-0.3, -0.25) is 0 Å². The predicted octanol–water partition coefficient (Wildman–Crippen LogP) is 4.41. The summed E-state index contributed by atoms with van der Waals surface area (Å²) in [6.07, 6.45) is 0. The predicted molar refractivity (Wildman–Crippen MR) is 82.4 cm³/mol. The average molecular weight is 344 g/mol. The van der Waals surface area contributed by atoms with Gasteiger partial charge in [-0.05, 0) is 31.5 Å². The summed E-state index contributed by atoms with van der Waals surface area (Å²) in [7, 11) is 0. The summed E-state index contributed by atoms with van der Waals surface area (Å²) in [4.78, 5) is 0. The Morgan fingerprint density at radius 2 is 2.00 bits per heavy atom. The fourth-order valence-corrected chi connectivity index (χ4v) is 3.42. The third-order valence-corrected chi connectivity index (χ3v) is 4.68. The van der Waals surface area contributed by atoms with Gasteiger partial charge in [0.15, 0.2) is 4.34 Å². The maximum Gasteiger partial charge on any atom is 0.206 e. The summed E-state index contributed by atoms with van der Waals surface area (Å²) in [5.74, 6) is 0.920. The number of hydrogen-bond donors (Lipinski definition) is 1. The van der Waals surface area contributed by atoms with Crippen molar-refractivity contribution in [3.8, 4) is 0 Å². The van der Waals surface area contributed by atoms with Crippen molar-refractivity contribution in [2.45, 2.75) is 30.0 Å². The summed E-state index contributed by atoms with van der Waals surface area (Å²) in [6.45, 7) is 4.19. The third kappa shape index (κ3) is 4.26. The van der Waals surface area contributed by atoms with Crippen molar-refractivity contribution in [2.24, 2.45) is 0 Å². The first-order valence-electron chi connectivity index (χ1n) is 5.61. The molecule has 0 saturated heterocycles. The van der Waals surface area contributed by atoms with Gasteiger partial charge in [-0.15, -0.1) is 10.2 Å². The van der Waals surface area contributed by atoms with E-state index in [1.54, 1.807) is 23.1 Å². The zero-order chi connectivity index (χ0) is 13.0. The summed E-state index contributed by atoms with van der Waals surface area (Å²) >= 11 is 6.75. The topological polar surface area (TPSA) is 37.8 Å². The monoisotopic (exact) mass is 343 g/mol. The van der Waals surface area contributed by atoms with Crippen LogP contribution in [0.15, 0.2) is 33.1 Å². The number of benzene rings is 1. The van der Waals surface area contributed by atoms with Crippen LogP contribution >= 0.6 is 39.0 Å². The molecule has 96 valence electrons. The van der Waals surface area contributed by atoms with Gasteiger partial charge >= 0.3 is 0 Å². The van der Waals surface area contributed by atoms with Crippen LogP contribution in [0.4, 0.5) is 5.13 Å². The smallest absolute Gasteiger partial charge is 0.206 e. The molecule has 18 heavy (non-hydrogen) atoms. The fraction of sp³-hybridized carbons (Fsp3) is 0.333. The first-order valence-corrected chi connectivity index (χ1v) is 8.20. The largest absolute Gasteiger partial charge is 0.358 e. The van der Waals surface area contributed by atoms with E-state index in [0.29, 0.717) is 6.04 Å². The quantitative estimate of drug-likeness (QED) is 0.815. The Kier molecular flexibility index (Phi) is 5.03. The second-order valence-electron chi connectivity index (χ2n) is 4.09. The second kappa shape index (κ2) is 6.54. The van der Waals surface area contributed by atoms with Crippen LogP contribution in [0, 0.1) is 0 Å². The molecule has 2 rings (SSSR count). The van der Waals surface area contributed by atoms with Crippen LogP contribution < -0.4 is 5.32 Å². The highest BCUT2D eigenvalue weighted by atomic mass is 79.9. The fourth-order valence-electron chi connectivity index (χ4n) is 1.30. The van der Waals surface area contributed by atoms with Crippen LogP contribution in [-0.4, -0.2) is 16.2 Å². The minimum Gasteiger partial charge on any atom is -0.358 e. The number of anilines is 1. The molecule has 1 aromatic carbocycles. The van der Waals surface area contributed by atoms with Crippen molar-refractivity contribution in [3.05, 3.63) is 34.3 Å². The highest BCUT2D eigenvalue weighted by molar-refractivity contribution is 9.10. The molecule has 1 aromatic heterocycles. The summed E-state index contributed by atoms with van der Waals surface area (Å²) < 4.78 is 2.11. The lowest BCUT2D eigenvalue weighted by Gasteiger charge is -2.03. The van der Waals surface area contributed by atoms with E-state index >= 15 is 0 Å². The Morgan fingerprint density at radius 3 is 2.67 bits per heavy atom. The van der Waals surface area contributed by atoms with Crippen LogP contribution in [0.25, 0.3) is 0 Å². The summed E-state index contributed by atoms with van der Waals surface area (Å²) in [6, 6.07) is 8.74. The number of nitrogens with one attached hydrogen (secondary N) is 1. The molecule has 0 fully saturated rings. The number of thioether (sulfide) groups is 1. The molecule has 6 heteroatoms. The van der Waals surface area contributed by atoms with Gasteiger partial charge in [-0.2, -0.15) is 0 Å². The zero-order valence-electron chi connectivity index (χ0n) is 10.2. The normalized spacial score (nSPS) is 10.9. The molecular formula is C12H14BrN3S2. The highest BCUT2D eigenvalue weighted by Crippen LogP contribution is 2.28. The molecule has 0 aliphatic heterocycles. The number of rotatable bonds is 5. The van der Waals surface area contributed by atoms with Crippen molar-refractivity contribution < 1.29 is 0 Å². The van der Waals surface area contributed by atoms with Gasteiger partial charge in [0.25, 0.3) is 0 Å². The summed E-state index contributed by atoms with van der Waals surface area (Å²) in [5, 5.41) is 12.4. The van der Waals surface area contributed by atoms with Gasteiger partial charge in [0, 0.05) is 16.3 Å². The van der Waals surface area contributed by atoms with Gasteiger partial charge in [0.1, 0.15) is 0 Å². The lowest BCUT2D eigenvalue weighted by atomic mass is 10.2. The maximum absolute atomic E-state index is 4.16. The average Bonchev–Trinajstić information content (AvgIpc) is 2.75. The van der Waals surface area contributed by atoms with Gasteiger partial charge < -0.3 is 5.32 Å². The van der Waals surface area contributed by atoms with E-state index in [2.05, 4.69) is 69.6 Å². The van der Waals surface area contributed by atoms with Crippen LogP contribution in [-0.2, 0) is 5.75 Å². The number of halogens is 1. The van der Waals surface area contributed by atoms with E-state index in [1.807, 2.05) is 0 Å². The molecule has 1 N–H and O–H groups in total. The van der Waals surface area contributed by atoms with Crippen molar-refractivity contribution in [3.63, 3.8) is 0 Å². The second-order valence-corrected chi connectivity index (χ2v) is 7.20. The minimum absolute atomic E-state index is 0.391. The Bertz CT molecular complexity index is 496. The molecule has 0 aliphatic rings. The first-order chi connectivity index (χ1) is 8.63. The van der Waals surface area contributed by atoms with E-state index in [4.69, 9.17) is 0 Å². The van der Waals surface area contributed by atoms with E-state index in [-0.39, 0.29) is 0 Å². The highest BCUT2D eigenvalue weighted by Gasteiger charge is 2.05. The molecule has 0 radical (unpaired) electrons. The molecule has 0 atom stereocenters. The SMILES string of the molecule is CC(C)Nc1nnc(SCc2ccc(Br)cc2)s1. The molecule has 2 aromatic rings. The Morgan fingerprint density at radius 1 is 1.28 bits per heavy atom. The zero-order valence-corrected chi connectivity index (χ0v) is 13.4. The van der Waals surface area contributed by atoms with Crippen LogP contribution in [0.3, 0.4) is 0 Å². The molecule has 0 spiro atoms. The van der Waals surface area contributed by atoms with E-state index in [1.165, 1.54) is 5.56 Å². The van der Waals surface area contributed by atoms with Crippen molar-refractivity contribution in [1.82, 2.24) is 10.2 Å². The van der Waals surface area contributed by atoms with E-state index in [9.17, 15) is 0 Å².